The molecular weight excluding hydrogens is 524 g/mol. The number of rotatable bonds is 9. The number of sulfonamides is 1. The summed E-state index contributed by atoms with van der Waals surface area (Å²) in [6, 6.07) is 19.2. The Morgan fingerprint density at radius 1 is 1.02 bits per heavy atom. The Morgan fingerprint density at radius 2 is 1.70 bits per heavy atom. The van der Waals surface area contributed by atoms with Gasteiger partial charge >= 0.3 is 5.97 Å². The van der Waals surface area contributed by atoms with Crippen molar-refractivity contribution in [2.24, 2.45) is 5.41 Å². The Labute approximate surface area is 237 Å². The first-order chi connectivity index (χ1) is 18.9. The van der Waals surface area contributed by atoms with Gasteiger partial charge in [-0.25, -0.2) is 22.9 Å². The van der Waals surface area contributed by atoms with Gasteiger partial charge in [-0.1, -0.05) is 95.6 Å². The second kappa shape index (κ2) is 11.6. The number of nitrogens with one attached hydrogen (secondary N) is 1. The summed E-state index contributed by atoms with van der Waals surface area (Å²) in [5, 5.41) is 11.3. The minimum absolute atomic E-state index is 0.0616. The number of aliphatic hydroxyl groups is 1. The molecule has 0 saturated carbocycles. The van der Waals surface area contributed by atoms with E-state index in [1.807, 2.05) is 89.2 Å². The summed E-state index contributed by atoms with van der Waals surface area (Å²) < 4.78 is 36.6. The highest BCUT2D eigenvalue weighted by atomic mass is 32.2. The van der Waals surface area contributed by atoms with Crippen molar-refractivity contribution >= 4 is 16.0 Å². The van der Waals surface area contributed by atoms with Gasteiger partial charge in [0.15, 0.2) is 5.03 Å². The first kappa shape index (κ1) is 29.5. The van der Waals surface area contributed by atoms with Crippen molar-refractivity contribution in [2.75, 3.05) is 0 Å². The summed E-state index contributed by atoms with van der Waals surface area (Å²) in [7, 11) is -4.23. The molecule has 1 aliphatic rings. The number of hydrogen-bond donors (Lipinski definition) is 2. The second-order valence-corrected chi connectivity index (χ2v) is 13.0. The van der Waals surface area contributed by atoms with Crippen molar-refractivity contribution in [3.63, 3.8) is 0 Å². The average molecular weight is 563 g/mol. The lowest BCUT2D eigenvalue weighted by Gasteiger charge is -2.42. The van der Waals surface area contributed by atoms with Crippen LogP contribution in [0.25, 0.3) is 11.1 Å². The van der Waals surface area contributed by atoms with Crippen LogP contribution in [-0.4, -0.2) is 30.5 Å². The van der Waals surface area contributed by atoms with Gasteiger partial charge in [-0.2, -0.15) is 0 Å². The molecule has 1 unspecified atom stereocenters. The minimum atomic E-state index is -4.23. The highest BCUT2D eigenvalue weighted by molar-refractivity contribution is 7.89. The molecule has 0 radical (unpaired) electrons. The summed E-state index contributed by atoms with van der Waals surface area (Å²) >= 11 is 0. The van der Waals surface area contributed by atoms with E-state index in [-0.39, 0.29) is 22.8 Å². The molecule has 0 saturated heterocycles. The summed E-state index contributed by atoms with van der Waals surface area (Å²) in [5.41, 5.74) is 1.14. The van der Waals surface area contributed by atoms with Gasteiger partial charge in [0, 0.05) is 18.2 Å². The molecule has 1 aliphatic heterocycles. The first-order valence-electron chi connectivity index (χ1n) is 13.7. The van der Waals surface area contributed by atoms with E-state index in [1.165, 1.54) is 6.20 Å². The lowest BCUT2D eigenvalue weighted by atomic mass is 9.76. The molecule has 40 heavy (non-hydrogen) atoms. The Balaban J connectivity index is 1.78. The molecule has 0 fully saturated rings. The average Bonchev–Trinajstić information content (AvgIpc) is 2.92. The molecule has 8 heteroatoms. The maximum atomic E-state index is 13.8. The standard InChI is InChI=1S/C32H38N2O5S/c1-6-19-32(25-18-12-11-14-22(25)7-2)21-26(35)27(30(36)39-32)28(31(3,4)5)34-40(37,38)29-24(17-13-20-33-29)23-15-9-8-10-16-23/h8-18,20,28,34-35H,6-7,19,21H2,1-5H3/t28?,32-/m1/s1. The molecule has 2 atom stereocenters. The van der Waals surface area contributed by atoms with E-state index in [2.05, 4.69) is 9.71 Å². The number of carbonyl (C=O) groups excluding carboxylic acids is 1. The fraction of sp³-hybridized carbons (Fsp3) is 0.375. The quantitative estimate of drug-likeness (QED) is 0.290. The normalized spacial score (nSPS) is 18.9. The SMILES string of the molecule is CCC[C@]1(c2ccccc2CC)CC(O)=C(C(NS(=O)(=O)c2ncccc2-c2ccccc2)C(C)(C)C)C(=O)O1. The van der Waals surface area contributed by atoms with Gasteiger partial charge < -0.3 is 9.84 Å². The van der Waals surface area contributed by atoms with Gasteiger partial charge in [0.2, 0.25) is 0 Å². The summed E-state index contributed by atoms with van der Waals surface area (Å²) in [6.45, 7) is 9.47. The lowest BCUT2D eigenvalue weighted by molar-refractivity contribution is -0.162. The van der Waals surface area contributed by atoms with Gasteiger partial charge in [0.25, 0.3) is 10.0 Å². The number of hydrogen-bond acceptors (Lipinski definition) is 6. The number of cyclic esters (lactones) is 1. The first-order valence-corrected chi connectivity index (χ1v) is 15.2. The maximum Gasteiger partial charge on any atom is 0.340 e. The Hall–Kier alpha value is -3.49. The largest absolute Gasteiger partial charge is 0.512 e. The van der Waals surface area contributed by atoms with E-state index in [1.54, 1.807) is 12.1 Å². The molecule has 0 spiro atoms. The Bertz CT molecular complexity index is 1510. The Morgan fingerprint density at radius 3 is 2.33 bits per heavy atom. The van der Waals surface area contributed by atoms with Crippen LogP contribution in [0.3, 0.4) is 0 Å². The number of aliphatic hydroxyl groups excluding tert-OH is 1. The van der Waals surface area contributed by atoms with Crippen LogP contribution in [0, 0.1) is 5.41 Å². The van der Waals surface area contributed by atoms with Crippen LogP contribution in [0.4, 0.5) is 0 Å². The summed E-state index contributed by atoms with van der Waals surface area (Å²) in [4.78, 5) is 18.0. The van der Waals surface area contributed by atoms with Crippen LogP contribution in [0.2, 0.25) is 0 Å². The molecule has 212 valence electrons. The van der Waals surface area contributed by atoms with E-state index in [0.29, 0.717) is 17.5 Å². The van der Waals surface area contributed by atoms with Crippen molar-refractivity contribution < 1.29 is 23.1 Å². The molecule has 0 aliphatic carbocycles. The molecule has 2 N–H and O–H groups in total. The number of pyridine rings is 1. The number of aromatic nitrogens is 1. The number of ether oxygens (including phenoxy) is 1. The number of nitrogens with zero attached hydrogens (tertiary/aromatic N) is 1. The zero-order valence-corrected chi connectivity index (χ0v) is 24.6. The lowest BCUT2D eigenvalue weighted by Crippen LogP contribution is -2.50. The monoisotopic (exact) mass is 562 g/mol. The highest BCUT2D eigenvalue weighted by Crippen LogP contribution is 2.45. The van der Waals surface area contributed by atoms with Crippen LogP contribution in [0.1, 0.15) is 65.0 Å². The van der Waals surface area contributed by atoms with Gasteiger partial charge in [0.05, 0.1) is 11.6 Å². The number of esters is 1. The zero-order chi connectivity index (χ0) is 29.1. The van der Waals surface area contributed by atoms with Crippen molar-refractivity contribution in [1.29, 1.82) is 0 Å². The third kappa shape index (κ3) is 5.83. The molecule has 3 aromatic rings. The predicted octanol–water partition coefficient (Wildman–Crippen LogP) is 6.46. The second-order valence-electron chi connectivity index (χ2n) is 11.3. The summed E-state index contributed by atoms with van der Waals surface area (Å²) in [5.74, 6) is -0.891. The van der Waals surface area contributed by atoms with Gasteiger partial charge in [-0.3, -0.25) is 0 Å². The van der Waals surface area contributed by atoms with Crippen LogP contribution < -0.4 is 4.72 Å². The van der Waals surface area contributed by atoms with Gasteiger partial charge in [0.1, 0.15) is 11.4 Å². The molecule has 4 rings (SSSR count). The van der Waals surface area contributed by atoms with Crippen molar-refractivity contribution in [3.8, 4) is 11.1 Å². The molecule has 2 aromatic carbocycles. The fourth-order valence-electron chi connectivity index (χ4n) is 5.46. The van der Waals surface area contributed by atoms with E-state index in [9.17, 15) is 18.3 Å². The van der Waals surface area contributed by atoms with Crippen LogP contribution in [0.5, 0.6) is 0 Å². The van der Waals surface area contributed by atoms with E-state index < -0.39 is 33.1 Å². The van der Waals surface area contributed by atoms with E-state index in [0.717, 1.165) is 24.0 Å². The number of benzene rings is 2. The number of carbonyl (C=O) groups is 1. The van der Waals surface area contributed by atoms with Crippen LogP contribution in [-0.2, 0) is 31.6 Å². The van der Waals surface area contributed by atoms with Crippen molar-refractivity contribution in [1.82, 2.24) is 9.71 Å². The molecule has 7 nitrogen and oxygen atoms in total. The van der Waals surface area contributed by atoms with Crippen molar-refractivity contribution in [3.05, 3.63) is 95.4 Å². The third-order valence-electron chi connectivity index (χ3n) is 7.35. The summed E-state index contributed by atoms with van der Waals surface area (Å²) in [6.07, 6.45) is 3.47. The van der Waals surface area contributed by atoms with Crippen molar-refractivity contribution in [2.45, 2.75) is 77.0 Å². The van der Waals surface area contributed by atoms with Crippen LogP contribution >= 0.6 is 0 Å². The van der Waals surface area contributed by atoms with E-state index >= 15 is 0 Å². The minimum Gasteiger partial charge on any atom is -0.512 e. The third-order valence-corrected chi connectivity index (χ3v) is 8.73. The van der Waals surface area contributed by atoms with E-state index in [4.69, 9.17) is 4.74 Å². The Kier molecular flexibility index (Phi) is 8.52. The molecule has 0 bridgehead atoms. The number of aryl methyl sites for hydroxylation is 1. The molecule has 1 aromatic heterocycles. The molecule has 0 amide bonds. The fourth-order valence-corrected chi connectivity index (χ4v) is 7.03. The smallest absolute Gasteiger partial charge is 0.340 e. The highest BCUT2D eigenvalue weighted by Gasteiger charge is 2.48. The molecule has 2 heterocycles. The van der Waals surface area contributed by atoms with Gasteiger partial charge in [-0.15, -0.1) is 0 Å². The molecular formula is C32H38N2O5S. The predicted molar refractivity (Wildman–Crippen MR) is 156 cm³/mol. The van der Waals surface area contributed by atoms with Crippen LogP contribution in [0.15, 0.2) is 89.3 Å². The van der Waals surface area contributed by atoms with Gasteiger partial charge in [-0.05, 0) is 47.1 Å². The maximum absolute atomic E-state index is 13.8. The topological polar surface area (TPSA) is 106 Å². The zero-order valence-electron chi connectivity index (χ0n) is 23.8.